The van der Waals surface area contributed by atoms with E-state index < -0.39 is 11.6 Å². The Morgan fingerprint density at radius 2 is 2.11 bits per heavy atom. The van der Waals surface area contributed by atoms with E-state index in [1.807, 2.05) is 0 Å². The summed E-state index contributed by atoms with van der Waals surface area (Å²) in [5.41, 5.74) is 8.33. The zero-order valence-electron chi connectivity index (χ0n) is 21.5. The van der Waals surface area contributed by atoms with E-state index in [-0.39, 0.29) is 66.5 Å². The molecule has 0 spiro atoms. The molecule has 6 rings (SSSR count). The Morgan fingerprint density at radius 1 is 1.34 bits per heavy atom. The summed E-state index contributed by atoms with van der Waals surface area (Å²) in [7, 11) is 0. The topological polar surface area (TPSA) is 137 Å². The molecule has 3 aliphatic rings. The lowest BCUT2D eigenvalue weighted by molar-refractivity contribution is -0.172. The van der Waals surface area contributed by atoms with Crippen LogP contribution in [0.5, 0.6) is 0 Å². The quantitative estimate of drug-likeness (QED) is 0.352. The van der Waals surface area contributed by atoms with Crippen molar-refractivity contribution in [3.05, 3.63) is 61.7 Å². The van der Waals surface area contributed by atoms with Crippen LogP contribution in [0.4, 0.5) is 4.39 Å². The number of carbonyl (C=O) groups excluding carboxylic acids is 2. The van der Waals surface area contributed by atoms with Gasteiger partial charge in [-0.25, -0.2) is 14.2 Å². The molecule has 4 N–H and O–H groups in total. The number of fused-ring (bicyclic) bond motifs is 5. The van der Waals surface area contributed by atoms with Crippen molar-refractivity contribution in [2.24, 2.45) is 5.73 Å². The van der Waals surface area contributed by atoms with Gasteiger partial charge in [-0.15, -0.1) is 0 Å². The number of pyridine rings is 2. The lowest BCUT2D eigenvalue weighted by atomic mass is 9.81. The first-order valence-electron chi connectivity index (χ1n) is 12.9. The van der Waals surface area contributed by atoms with Crippen LogP contribution in [0.25, 0.3) is 22.3 Å². The molecule has 3 atom stereocenters. The molecule has 0 fully saturated rings. The minimum absolute atomic E-state index is 0.0342. The second kappa shape index (κ2) is 8.44. The largest absolute Gasteiger partial charge is 0.458 e. The molecule has 1 aliphatic carbocycles. The molecule has 2 aromatic heterocycles. The van der Waals surface area contributed by atoms with Crippen molar-refractivity contribution >= 4 is 22.8 Å². The van der Waals surface area contributed by atoms with Crippen molar-refractivity contribution in [3.8, 4) is 11.4 Å². The molecule has 0 bridgehead atoms. The first kappa shape index (κ1) is 24.7. The van der Waals surface area contributed by atoms with E-state index in [1.54, 1.807) is 31.4 Å². The SMILES string of the molecule is CC[C@@]1(O)C(=O)OCc2c1cc1n(c2=O)Cc2c-1nc1cc(F)c(C)c3c1c2[C@@H](NC(=O)C[C@H](C)N)CC3. The summed E-state index contributed by atoms with van der Waals surface area (Å²) in [6.07, 6.45) is 1.33. The maximum absolute atomic E-state index is 15.0. The minimum Gasteiger partial charge on any atom is -0.458 e. The average Bonchev–Trinajstić information content (AvgIpc) is 3.24. The minimum atomic E-state index is -1.94. The number of nitrogens with zero attached hydrogens (tertiary/aromatic N) is 2. The van der Waals surface area contributed by atoms with E-state index in [2.05, 4.69) is 5.32 Å². The van der Waals surface area contributed by atoms with Crippen molar-refractivity contribution in [3.63, 3.8) is 0 Å². The van der Waals surface area contributed by atoms with Gasteiger partial charge in [0.1, 0.15) is 12.4 Å². The van der Waals surface area contributed by atoms with Gasteiger partial charge in [0.2, 0.25) is 5.91 Å². The molecule has 38 heavy (non-hydrogen) atoms. The molecule has 1 amide bonds. The van der Waals surface area contributed by atoms with Crippen molar-refractivity contribution in [2.75, 3.05) is 0 Å². The second-order valence-electron chi connectivity index (χ2n) is 10.7. The number of nitrogens with one attached hydrogen (secondary N) is 1. The summed E-state index contributed by atoms with van der Waals surface area (Å²) < 4.78 is 21.7. The van der Waals surface area contributed by atoms with Gasteiger partial charge in [0.25, 0.3) is 5.56 Å². The van der Waals surface area contributed by atoms with Gasteiger partial charge in [0, 0.05) is 35.0 Å². The molecular weight excluding hydrogens is 491 g/mol. The molecule has 3 aromatic rings. The van der Waals surface area contributed by atoms with Gasteiger partial charge in [-0.1, -0.05) is 6.92 Å². The van der Waals surface area contributed by atoms with Crippen LogP contribution in [0.15, 0.2) is 16.9 Å². The number of hydrogen-bond donors (Lipinski definition) is 3. The number of esters is 1. The molecule has 2 aliphatic heterocycles. The number of ether oxygens (including phenoxy) is 1. The Morgan fingerprint density at radius 3 is 2.82 bits per heavy atom. The zero-order valence-corrected chi connectivity index (χ0v) is 21.5. The van der Waals surface area contributed by atoms with Crippen LogP contribution in [-0.4, -0.2) is 32.6 Å². The highest BCUT2D eigenvalue weighted by Crippen LogP contribution is 2.45. The Hall–Kier alpha value is -3.63. The van der Waals surface area contributed by atoms with Gasteiger partial charge >= 0.3 is 5.97 Å². The monoisotopic (exact) mass is 520 g/mol. The third kappa shape index (κ3) is 3.36. The predicted molar refractivity (Wildman–Crippen MR) is 137 cm³/mol. The van der Waals surface area contributed by atoms with E-state index in [1.165, 1.54) is 6.07 Å². The Balaban J connectivity index is 1.61. The summed E-state index contributed by atoms with van der Waals surface area (Å²) in [4.78, 5) is 43.7. The molecule has 1 aromatic carbocycles. The number of rotatable bonds is 4. The maximum atomic E-state index is 15.0. The highest BCUT2D eigenvalue weighted by Gasteiger charge is 2.46. The summed E-state index contributed by atoms with van der Waals surface area (Å²) >= 11 is 0. The van der Waals surface area contributed by atoms with Crippen LogP contribution in [-0.2, 0) is 39.5 Å². The van der Waals surface area contributed by atoms with Crippen LogP contribution in [0.1, 0.15) is 72.5 Å². The molecule has 10 heteroatoms. The van der Waals surface area contributed by atoms with E-state index in [0.29, 0.717) is 35.3 Å². The predicted octanol–water partition coefficient (Wildman–Crippen LogP) is 2.37. The summed E-state index contributed by atoms with van der Waals surface area (Å²) in [6, 6.07) is 2.36. The second-order valence-corrected chi connectivity index (χ2v) is 10.7. The standard InChI is InChI=1S/C28H29FN4O5/c1-4-28(37)17-8-21-25-15(10-33(21)26(35)16(17)11-38-27(28)36)24-19(31-22(34)7-12(2)30)6-5-14-13(3)18(29)9-20(32-25)23(14)24/h8-9,12,19,37H,4-7,10-11,30H2,1-3H3,(H,31,34)/t12-,19-,28-/m0/s1. The first-order valence-corrected chi connectivity index (χ1v) is 12.9. The summed E-state index contributed by atoms with van der Waals surface area (Å²) in [6.45, 7) is 5.13. The lowest BCUT2D eigenvalue weighted by Crippen LogP contribution is -2.44. The van der Waals surface area contributed by atoms with Crippen LogP contribution < -0.4 is 16.6 Å². The third-order valence-electron chi connectivity index (χ3n) is 8.22. The van der Waals surface area contributed by atoms with Gasteiger partial charge in [0.05, 0.1) is 35.1 Å². The van der Waals surface area contributed by atoms with Crippen molar-refractivity contribution in [2.45, 2.75) is 77.3 Å². The molecule has 0 saturated carbocycles. The first-order chi connectivity index (χ1) is 18.0. The van der Waals surface area contributed by atoms with Crippen LogP contribution in [0.3, 0.4) is 0 Å². The summed E-state index contributed by atoms with van der Waals surface area (Å²) in [5, 5.41) is 15.1. The molecule has 198 valence electrons. The number of carbonyl (C=O) groups is 2. The Kier molecular flexibility index (Phi) is 5.48. The van der Waals surface area contributed by atoms with E-state index >= 15 is 0 Å². The van der Waals surface area contributed by atoms with Gasteiger partial charge in [-0.2, -0.15) is 0 Å². The molecule has 4 heterocycles. The van der Waals surface area contributed by atoms with E-state index in [0.717, 1.165) is 22.1 Å². The zero-order chi connectivity index (χ0) is 27.1. The van der Waals surface area contributed by atoms with Crippen molar-refractivity contribution in [1.29, 1.82) is 0 Å². The smallest absolute Gasteiger partial charge is 0.343 e. The fraction of sp³-hybridized carbons (Fsp3) is 0.429. The number of nitrogens with two attached hydrogens (primary N) is 1. The van der Waals surface area contributed by atoms with Crippen LogP contribution in [0.2, 0.25) is 0 Å². The number of halogens is 1. The number of aromatic nitrogens is 2. The van der Waals surface area contributed by atoms with Gasteiger partial charge < -0.3 is 25.5 Å². The lowest BCUT2D eigenvalue weighted by Gasteiger charge is -2.31. The molecular formula is C28H29FN4O5. The highest BCUT2D eigenvalue weighted by atomic mass is 19.1. The highest BCUT2D eigenvalue weighted by molar-refractivity contribution is 5.94. The molecule has 0 radical (unpaired) electrons. The van der Waals surface area contributed by atoms with Crippen molar-refractivity contribution < 1.29 is 23.8 Å². The number of benzene rings is 1. The maximum Gasteiger partial charge on any atom is 0.343 e. The molecule has 9 nitrogen and oxygen atoms in total. The van der Waals surface area contributed by atoms with Gasteiger partial charge in [-0.3, -0.25) is 9.59 Å². The fourth-order valence-electron chi connectivity index (χ4n) is 6.24. The van der Waals surface area contributed by atoms with E-state index in [9.17, 15) is 23.9 Å². The fourth-order valence-corrected chi connectivity index (χ4v) is 6.24. The number of hydrogen-bond acceptors (Lipinski definition) is 7. The summed E-state index contributed by atoms with van der Waals surface area (Å²) in [5.74, 6) is -1.34. The van der Waals surface area contributed by atoms with Gasteiger partial charge in [0.15, 0.2) is 5.60 Å². The number of amides is 1. The number of aryl methyl sites for hydroxylation is 1. The molecule has 0 saturated heterocycles. The van der Waals surface area contributed by atoms with Crippen LogP contribution in [0, 0.1) is 12.7 Å². The Bertz CT molecular complexity index is 1630. The molecule has 0 unspecified atom stereocenters. The number of cyclic esters (lactones) is 1. The third-order valence-corrected chi connectivity index (χ3v) is 8.22. The Labute approximate surface area is 217 Å². The van der Waals surface area contributed by atoms with E-state index in [4.69, 9.17) is 15.5 Å². The van der Waals surface area contributed by atoms with Crippen molar-refractivity contribution in [1.82, 2.24) is 14.9 Å². The average molecular weight is 521 g/mol. The normalized spacial score (nSPS) is 21.9. The number of aliphatic hydroxyl groups is 1. The van der Waals surface area contributed by atoms with Crippen LogP contribution >= 0.6 is 0 Å². The van der Waals surface area contributed by atoms with Gasteiger partial charge in [-0.05, 0) is 55.9 Å².